The summed E-state index contributed by atoms with van der Waals surface area (Å²) >= 11 is 1.78. The summed E-state index contributed by atoms with van der Waals surface area (Å²) in [7, 11) is 1.63. The second-order valence-corrected chi connectivity index (χ2v) is 5.84. The fourth-order valence-corrected chi connectivity index (χ4v) is 3.70. The van der Waals surface area contributed by atoms with Crippen LogP contribution in [0.15, 0.2) is 35.7 Å². The molecule has 1 unspecified atom stereocenters. The number of ether oxygens (including phenoxy) is 1. The van der Waals surface area contributed by atoms with Crippen LogP contribution >= 0.6 is 11.3 Å². The number of hydrogen-bond donors (Lipinski definition) is 0. The fraction of sp³-hybridized carbons (Fsp3) is 0.312. The first-order chi connectivity index (χ1) is 9.29. The van der Waals surface area contributed by atoms with Crippen LogP contribution in [0.2, 0.25) is 0 Å². The Labute approximate surface area is 117 Å². The van der Waals surface area contributed by atoms with Gasteiger partial charge in [-0.2, -0.15) is 0 Å². The molecule has 19 heavy (non-hydrogen) atoms. The van der Waals surface area contributed by atoms with E-state index in [-0.39, 0.29) is 11.7 Å². The van der Waals surface area contributed by atoms with Crippen LogP contribution in [-0.2, 0) is 6.42 Å². The topological polar surface area (TPSA) is 26.3 Å². The molecule has 0 bridgehead atoms. The van der Waals surface area contributed by atoms with Gasteiger partial charge in [0.2, 0.25) is 0 Å². The van der Waals surface area contributed by atoms with Gasteiger partial charge in [0.15, 0.2) is 5.78 Å². The molecule has 1 atom stereocenters. The van der Waals surface area contributed by atoms with Crippen molar-refractivity contribution >= 4 is 17.1 Å². The van der Waals surface area contributed by atoms with Gasteiger partial charge in [0.1, 0.15) is 5.75 Å². The summed E-state index contributed by atoms with van der Waals surface area (Å²) in [4.78, 5) is 14.0. The second-order valence-electron chi connectivity index (χ2n) is 4.84. The first kappa shape index (κ1) is 12.4. The number of fused-ring (bicyclic) bond motifs is 1. The average molecular weight is 272 g/mol. The van der Waals surface area contributed by atoms with Gasteiger partial charge in [0.25, 0.3) is 0 Å². The lowest BCUT2D eigenvalue weighted by Crippen LogP contribution is -2.17. The minimum absolute atomic E-state index is 0.0448. The monoisotopic (exact) mass is 272 g/mol. The van der Waals surface area contributed by atoms with Crippen molar-refractivity contribution in [1.82, 2.24) is 0 Å². The maximum absolute atomic E-state index is 12.6. The van der Waals surface area contributed by atoms with Gasteiger partial charge in [-0.15, -0.1) is 11.3 Å². The molecule has 0 fully saturated rings. The van der Waals surface area contributed by atoms with Gasteiger partial charge in [-0.1, -0.05) is 0 Å². The summed E-state index contributed by atoms with van der Waals surface area (Å²) in [5, 5.41) is 2.10. The van der Waals surface area contributed by atoms with E-state index in [1.165, 1.54) is 10.4 Å². The quantitative estimate of drug-likeness (QED) is 0.788. The first-order valence-electron chi connectivity index (χ1n) is 6.54. The molecule has 2 aromatic rings. The Morgan fingerprint density at radius 3 is 2.79 bits per heavy atom. The van der Waals surface area contributed by atoms with Crippen molar-refractivity contribution in [1.29, 1.82) is 0 Å². The third-order valence-corrected chi connectivity index (χ3v) is 4.74. The van der Waals surface area contributed by atoms with E-state index in [0.29, 0.717) is 0 Å². The summed E-state index contributed by atoms with van der Waals surface area (Å²) in [5.41, 5.74) is 2.03. The highest BCUT2D eigenvalue weighted by Crippen LogP contribution is 2.37. The molecule has 2 nitrogen and oxygen atoms in total. The zero-order chi connectivity index (χ0) is 13.2. The molecule has 3 heteroatoms. The van der Waals surface area contributed by atoms with E-state index >= 15 is 0 Å². The molecule has 1 aromatic carbocycles. The van der Waals surface area contributed by atoms with E-state index in [4.69, 9.17) is 4.74 Å². The summed E-state index contributed by atoms with van der Waals surface area (Å²) in [6, 6.07) is 9.55. The van der Waals surface area contributed by atoms with Crippen LogP contribution in [0.3, 0.4) is 0 Å². The van der Waals surface area contributed by atoms with Crippen molar-refractivity contribution in [3.05, 3.63) is 51.7 Å². The molecule has 1 aliphatic rings. The van der Waals surface area contributed by atoms with Gasteiger partial charge in [0.05, 0.1) is 7.11 Å². The lowest BCUT2D eigenvalue weighted by molar-refractivity contribution is 0.0951. The van der Waals surface area contributed by atoms with Gasteiger partial charge in [-0.05, 0) is 60.5 Å². The Kier molecular flexibility index (Phi) is 3.38. The molecule has 0 saturated carbocycles. The predicted octanol–water partition coefficient (Wildman–Crippen LogP) is 4.06. The van der Waals surface area contributed by atoms with Crippen molar-refractivity contribution in [3.8, 4) is 5.75 Å². The van der Waals surface area contributed by atoms with Crippen LogP contribution in [0.1, 0.15) is 39.6 Å². The molecule has 0 saturated heterocycles. The van der Waals surface area contributed by atoms with Crippen molar-refractivity contribution in [2.45, 2.75) is 25.2 Å². The van der Waals surface area contributed by atoms with Crippen LogP contribution in [0.25, 0.3) is 0 Å². The minimum atomic E-state index is 0.0448. The number of rotatable bonds is 3. The number of aryl methyl sites for hydroxylation is 1. The van der Waals surface area contributed by atoms with Crippen molar-refractivity contribution < 1.29 is 9.53 Å². The zero-order valence-corrected chi connectivity index (χ0v) is 11.7. The van der Waals surface area contributed by atoms with E-state index in [1.807, 2.05) is 24.3 Å². The molecule has 1 aromatic heterocycles. The highest BCUT2D eigenvalue weighted by Gasteiger charge is 2.27. The van der Waals surface area contributed by atoms with E-state index in [2.05, 4.69) is 11.4 Å². The van der Waals surface area contributed by atoms with Gasteiger partial charge in [0, 0.05) is 16.4 Å². The molecular formula is C16H16O2S. The highest BCUT2D eigenvalue weighted by atomic mass is 32.1. The standard InChI is InChI=1S/C16H16O2S/c1-18-12-7-5-11(6-8-12)16(17)14-3-2-4-15-13(14)9-10-19-15/h5-10,14H,2-4H2,1H3. The molecule has 1 aliphatic carbocycles. The van der Waals surface area contributed by atoms with Crippen molar-refractivity contribution in [2.24, 2.45) is 0 Å². The fourth-order valence-electron chi connectivity index (χ4n) is 2.72. The molecule has 0 spiro atoms. The Morgan fingerprint density at radius 1 is 1.26 bits per heavy atom. The van der Waals surface area contributed by atoms with Gasteiger partial charge in [-0.3, -0.25) is 4.79 Å². The number of ketones is 1. The second kappa shape index (κ2) is 5.17. The summed E-state index contributed by atoms with van der Waals surface area (Å²) in [6.07, 6.45) is 3.20. The smallest absolute Gasteiger partial charge is 0.170 e. The summed E-state index contributed by atoms with van der Waals surface area (Å²) in [5.74, 6) is 1.07. The van der Waals surface area contributed by atoms with Gasteiger partial charge in [-0.25, -0.2) is 0 Å². The number of Topliss-reactive ketones (excluding diaryl/α,β-unsaturated/α-hetero) is 1. The maximum Gasteiger partial charge on any atom is 0.170 e. The van der Waals surface area contributed by atoms with Gasteiger partial charge >= 0.3 is 0 Å². The van der Waals surface area contributed by atoms with Crippen LogP contribution in [0.5, 0.6) is 5.75 Å². The van der Waals surface area contributed by atoms with Crippen LogP contribution in [-0.4, -0.2) is 12.9 Å². The normalized spacial score (nSPS) is 17.8. The van der Waals surface area contributed by atoms with Gasteiger partial charge < -0.3 is 4.74 Å². The first-order valence-corrected chi connectivity index (χ1v) is 7.42. The number of hydrogen-bond acceptors (Lipinski definition) is 3. The number of methoxy groups -OCH3 is 1. The largest absolute Gasteiger partial charge is 0.497 e. The molecule has 1 heterocycles. The number of benzene rings is 1. The maximum atomic E-state index is 12.6. The molecular weight excluding hydrogens is 256 g/mol. The van der Waals surface area contributed by atoms with E-state index in [1.54, 1.807) is 18.4 Å². The molecule has 0 radical (unpaired) electrons. The number of thiophene rings is 1. The molecule has 0 amide bonds. The third-order valence-electron chi connectivity index (χ3n) is 3.74. The van der Waals surface area contributed by atoms with E-state index < -0.39 is 0 Å². The minimum Gasteiger partial charge on any atom is -0.497 e. The zero-order valence-electron chi connectivity index (χ0n) is 10.9. The Balaban J connectivity index is 1.88. The SMILES string of the molecule is COc1ccc(C(=O)C2CCCc3sccc32)cc1. The Hall–Kier alpha value is -1.61. The van der Waals surface area contributed by atoms with Crippen LogP contribution < -0.4 is 4.74 Å². The van der Waals surface area contributed by atoms with Crippen molar-refractivity contribution in [3.63, 3.8) is 0 Å². The average Bonchev–Trinajstić information content (AvgIpc) is 2.95. The number of carbonyl (C=O) groups is 1. The number of carbonyl (C=O) groups excluding carboxylic acids is 1. The lowest BCUT2D eigenvalue weighted by Gasteiger charge is -2.21. The molecule has 3 rings (SSSR count). The predicted molar refractivity (Wildman–Crippen MR) is 77.3 cm³/mol. The lowest BCUT2D eigenvalue weighted by atomic mass is 9.82. The molecule has 0 N–H and O–H groups in total. The van der Waals surface area contributed by atoms with E-state index in [0.717, 1.165) is 30.6 Å². The molecule has 98 valence electrons. The van der Waals surface area contributed by atoms with E-state index in [9.17, 15) is 4.79 Å². The Bertz CT molecular complexity index is 583. The van der Waals surface area contributed by atoms with Crippen LogP contribution in [0, 0.1) is 0 Å². The summed E-state index contributed by atoms with van der Waals surface area (Å²) < 4.78 is 5.13. The Morgan fingerprint density at radius 2 is 2.05 bits per heavy atom. The molecule has 0 aliphatic heterocycles. The highest BCUT2D eigenvalue weighted by molar-refractivity contribution is 7.10. The summed E-state index contributed by atoms with van der Waals surface area (Å²) in [6.45, 7) is 0. The third kappa shape index (κ3) is 2.30. The van der Waals surface area contributed by atoms with Crippen molar-refractivity contribution in [2.75, 3.05) is 7.11 Å². The van der Waals surface area contributed by atoms with Crippen LogP contribution in [0.4, 0.5) is 0 Å².